The minimum absolute atomic E-state index is 0.264. The predicted molar refractivity (Wildman–Crippen MR) is 102 cm³/mol. The van der Waals surface area contributed by atoms with Crippen LogP contribution in [0.25, 0.3) is 0 Å². The van der Waals surface area contributed by atoms with Gasteiger partial charge in [0.15, 0.2) is 6.61 Å². The maximum atomic E-state index is 12.1. The SMILES string of the molecule is CCOC(=O)Nc1ccc(C(=O)OCC(=O)Nc2c(C)cccc2C)cc1. The Kier molecular flexibility index (Phi) is 6.93. The molecule has 0 fully saturated rings. The third-order valence-electron chi connectivity index (χ3n) is 3.72. The van der Waals surface area contributed by atoms with Crippen molar-refractivity contribution in [3.63, 3.8) is 0 Å². The van der Waals surface area contributed by atoms with Gasteiger partial charge in [-0.05, 0) is 56.2 Å². The third-order valence-corrected chi connectivity index (χ3v) is 3.72. The molecule has 0 atom stereocenters. The minimum atomic E-state index is -0.630. The molecular formula is C20H22N2O5. The van der Waals surface area contributed by atoms with E-state index in [4.69, 9.17) is 9.47 Å². The molecule has 2 aromatic rings. The highest BCUT2D eigenvalue weighted by Gasteiger charge is 2.12. The third kappa shape index (κ3) is 5.85. The lowest BCUT2D eigenvalue weighted by atomic mass is 10.1. The molecule has 0 aliphatic carbocycles. The first-order valence-corrected chi connectivity index (χ1v) is 8.47. The van der Waals surface area contributed by atoms with Crippen LogP contribution in [0.5, 0.6) is 0 Å². The van der Waals surface area contributed by atoms with Crippen molar-refractivity contribution >= 4 is 29.3 Å². The Balaban J connectivity index is 1.88. The van der Waals surface area contributed by atoms with Crippen molar-refractivity contribution < 1.29 is 23.9 Å². The van der Waals surface area contributed by atoms with E-state index in [-0.39, 0.29) is 12.2 Å². The summed E-state index contributed by atoms with van der Waals surface area (Å²) in [4.78, 5) is 35.4. The number of hydrogen-bond donors (Lipinski definition) is 2. The second-order valence-corrected chi connectivity index (χ2v) is 5.81. The summed E-state index contributed by atoms with van der Waals surface area (Å²) in [5.74, 6) is -1.05. The fourth-order valence-corrected chi connectivity index (χ4v) is 2.38. The fourth-order valence-electron chi connectivity index (χ4n) is 2.38. The van der Waals surface area contributed by atoms with Gasteiger partial charge in [0.05, 0.1) is 12.2 Å². The number of para-hydroxylation sites is 1. The van der Waals surface area contributed by atoms with Crippen LogP contribution in [0, 0.1) is 13.8 Å². The molecule has 0 saturated heterocycles. The number of aryl methyl sites for hydroxylation is 2. The number of nitrogens with one attached hydrogen (secondary N) is 2. The van der Waals surface area contributed by atoms with E-state index in [0.717, 1.165) is 11.1 Å². The van der Waals surface area contributed by atoms with E-state index in [1.807, 2.05) is 32.0 Å². The second-order valence-electron chi connectivity index (χ2n) is 5.81. The van der Waals surface area contributed by atoms with Gasteiger partial charge >= 0.3 is 12.1 Å². The van der Waals surface area contributed by atoms with Crippen molar-refractivity contribution in [2.24, 2.45) is 0 Å². The number of ether oxygens (including phenoxy) is 2. The van der Waals surface area contributed by atoms with Gasteiger partial charge in [-0.2, -0.15) is 0 Å². The molecule has 142 valence electrons. The summed E-state index contributed by atoms with van der Waals surface area (Å²) in [5, 5.41) is 5.27. The average Bonchev–Trinajstić information content (AvgIpc) is 2.63. The average molecular weight is 370 g/mol. The van der Waals surface area contributed by atoms with Gasteiger partial charge < -0.3 is 14.8 Å². The molecule has 0 saturated carbocycles. The summed E-state index contributed by atoms with van der Waals surface area (Å²) >= 11 is 0. The fraction of sp³-hybridized carbons (Fsp3) is 0.250. The lowest BCUT2D eigenvalue weighted by Crippen LogP contribution is -2.21. The van der Waals surface area contributed by atoms with Gasteiger partial charge in [-0.3, -0.25) is 10.1 Å². The molecule has 2 rings (SSSR count). The normalized spacial score (nSPS) is 10.0. The number of amides is 2. The highest BCUT2D eigenvalue weighted by molar-refractivity contribution is 5.96. The molecule has 0 heterocycles. The minimum Gasteiger partial charge on any atom is -0.452 e. The molecule has 0 aliphatic heterocycles. The van der Waals surface area contributed by atoms with Crippen molar-refractivity contribution in [3.8, 4) is 0 Å². The van der Waals surface area contributed by atoms with E-state index in [0.29, 0.717) is 11.4 Å². The monoisotopic (exact) mass is 370 g/mol. The lowest BCUT2D eigenvalue weighted by Gasteiger charge is -2.11. The van der Waals surface area contributed by atoms with Gasteiger partial charge in [0.2, 0.25) is 0 Å². The summed E-state index contributed by atoms with van der Waals surface area (Å²) in [6, 6.07) is 11.8. The first-order chi connectivity index (χ1) is 12.9. The smallest absolute Gasteiger partial charge is 0.411 e. The second kappa shape index (κ2) is 9.38. The Bertz CT molecular complexity index is 811. The molecule has 0 aliphatic rings. The van der Waals surface area contributed by atoms with E-state index >= 15 is 0 Å². The van der Waals surface area contributed by atoms with Crippen molar-refractivity contribution in [3.05, 3.63) is 59.2 Å². The molecule has 0 unspecified atom stereocenters. The van der Waals surface area contributed by atoms with Crippen molar-refractivity contribution in [2.75, 3.05) is 23.8 Å². The van der Waals surface area contributed by atoms with Gasteiger partial charge in [-0.1, -0.05) is 18.2 Å². The van der Waals surface area contributed by atoms with Crippen LogP contribution in [0.15, 0.2) is 42.5 Å². The van der Waals surface area contributed by atoms with Gasteiger partial charge in [0.25, 0.3) is 5.91 Å². The summed E-state index contributed by atoms with van der Waals surface area (Å²) in [5.41, 5.74) is 3.33. The molecule has 0 bridgehead atoms. The first kappa shape index (κ1) is 20.0. The number of carbonyl (C=O) groups is 3. The van der Waals surface area contributed by atoms with Crippen LogP contribution < -0.4 is 10.6 Å². The number of anilines is 2. The number of hydrogen-bond acceptors (Lipinski definition) is 5. The Hall–Kier alpha value is -3.35. The van der Waals surface area contributed by atoms with Gasteiger partial charge in [-0.15, -0.1) is 0 Å². The molecule has 27 heavy (non-hydrogen) atoms. The van der Waals surface area contributed by atoms with Crippen LogP contribution in [-0.4, -0.2) is 31.2 Å². The van der Waals surface area contributed by atoms with Crippen LogP contribution in [-0.2, 0) is 14.3 Å². The summed E-state index contributed by atoms with van der Waals surface area (Å²) in [6.45, 7) is 5.35. The molecule has 2 aromatic carbocycles. The molecule has 7 heteroatoms. The molecular weight excluding hydrogens is 348 g/mol. The summed E-state index contributed by atoms with van der Waals surface area (Å²) in [7, 11) is 0. The Morgan fingerprint density at radius 2 is 1.52 bits per heavy atom. The zero-order valence-corrected chi connectivity index (χ0v) is 15.5. The van der Waals surface area contributed by atoms with Crippen LogP contribution >= 0.6 is 0 Å². The molecule has 0 radical (unpaired) electrons. The largest absolute Gasteiger partial charge is 0.452 e. The highest BCUT2D eigenvalue weighted by Crippen LogP contribution is 2.19. The van der Waals surface area contributed by atoms with Crippen LogP contribution in [0.1, 0.15) is 28.4 Å². The zero-order chi connectivity index (χ0) is 19.8. The molecule has 0 spiro atoms. The van der Waals surface area contributed by atoms with Crippen molar-refractivity contribution in [1.82, 2.24) is 0 Å². The molecule has 2 N–H and O–H groups in total. The lowest BCUT2D eigenvalue weighted by molar-refractivity contribution is -0.119. The first-order valence-electron chi connectivity index (χ1n) is 8.47. The highest BCUT2D eigenvalue weighted by atomic mass is 16.5. The van der Waals surface area contributed by atoms with Gasteiger partial charge in [0, 0.05) is 11.4 Å². The van der Waals surface area contributed by atoms with E-state index in [1.54, 1.807) is 19.1 Å². The van der Waals surface area contributed by atoms with Crippen molar-refractivity contribution in [2.45, 2.75) is 20.8 Å². The van der Waals surface area contributed by atoms with E-state index < -0.39 is 24.6 Å². The van der Waals surface area contributed by atoms with Crippen LogP contribution in [0.2, 0.25) is 0 Å². The van der Waals surface area contributed by atoms with E-state index in [2.05, 4.69) is 10.6 Å². The quantitative estimate of drug-likeness (QED) is 0.757. The number of rotatable bonds is 6. The van der Waals surface area contributed by atoms with E-state index in [9.17, 15) is 14.4 Å². The zero-order valence-electron chi connectivity index (χ0n) is 15.5. The topological polar surface area (TPSA) is 93.7 Å². The molecule has 2 amide bonds. The molecule has 7 nitrogen and oxygen atoms in total. The van der Waals surface area contributed by atoms with Crippen LogP contribution in [0.4, 0.5) is 16.2 Å². The predicted octanol–water partition coefficient (Wildman–Crippen LogP) is 3.67. The summed E-state index contributed by atoms with van der Waals surface area (Å²) in [6.07, 6.45) is -0.573. The van der Waals surface area contributed by atoms with Gasteiger partial charge in [0.1, 0.15) is 0 Å². The Labute approximate surface area is 157 Å². The van der Waals surface area contributed by atoms with Crippen molar-refractivity contribution in [1.29, 1.82) is 0 Å². The maximum absolute atomic E-state index is 12.1. The number of esters is 1. The standard InChI is InChI=1S/C20H22N2O5/c1-4-26-20(25)21-16-10-8-15(9-11-16)19(24)27-12-17(23)22-18-13(2)6-5-7-14(18)3/h5-11H,4,12H2,1-3H3,(H,21,25)(H,22,23). The maximum Gasteiger partial charge on any atom is 0.411 e. The number of carbonyl (C=O) groups excluding carboxylic acids is 3. The molecule has 0 aromatic heterocycles. The number of benzene rings is 2. The van der Waals surface area contributed by atoms with E-state index in [1.165, 1.54) is 12.1 Å². The van der Waals surface area contributed by atoms with Crippen LogP contribution in [0.3, 0.4) is 0 Å². The Morgan fingerprint density at radius 1 is 0.889 bits per heavy atom. The summed E-state index contributed by atoms with van der Waals surface area (Å²) < 4.78 is 9.81. The van der Waals surface area contributed by atoms with Gasteiger partial charge in [-0.25, -0.2) is 9.59 Å². The Morgan fingerprint density at radius 3 is 2.11 bits per heavy atom.